The summed E-state index contributed by atoms with van der Waals surface area (Å²) in [7, 11) is 0. The van der Waals surface area contributed by atoms with Crippen molar-refractivity contribution >= 4 is 0 Å². The van der Waals surface area contributed by atoms with Gasteiger partial charge in [-0.15, -0.1) is 5.10 Å². The van der Waals surface area contributed by atoms with Crippen LogP contribution in [0.4, 0.5) is 13.2 Å². The molecule has 1 aliphatic rings. The van der Waals surface area contributed by atoms with Crippen LogP contribution in [0.15, 0.2) is 24.3 Å². The third-order valence-corrected chi connectivity index (χ3v) is 3.32. The first-order chi connectivity index (χ1) is 10.0. The van der Waals surface area contributed by atoms with Gasteiger partial charge in [0.1, 0.15) is 0 Å². The number of benzene rings is 1. The fraction of sp³-hybridized carbons (Fsp3) is 0.462. The highest BCUT2D eigenvalue weighted by Gasteiger charge is 2.30. The van der Waals surface area contributed by atoms with Crippen LogP contribution in [0.5, 0.6) is 0 Å². The lowest BCUT2D eigenvalue weighted by Gasteiger charge is -2.09. The molecule has 1 saturated carbocycles. The summed E-state index contributed by atoms with van der Waals surface area (Å²) in [4.78, 5) is 0. The molecule has 1 heterocycles. The number of rotatable bonds is 5. The topological polar surface area (TPSA) is 55.6 Å². The quantitative estimate of drug-likeness (QED) is 0.917. The second kappa shape index (κ2) is 5.44. The van der Waals surface area contributed by atoms with E-state index >= 15 is 0 Å². The molecule has 5 nitrogen and oxygen atoms in total. The van der Waals surface area contributed by atoms with Gasteiger partial charge >= 0.3 is 6.18 Å². The predicted molar refractivity (Wildman–Crippen MR) is 68.2 cm³/mol. The number of tetrazole rings is 1. The van der Waals surface area contributed by atoms with Gasteiger partial charge in [-0.1, -0.05) is 12.1 Å². The van der Waals surface area contributed by atoms with Gasteiger partial charge in [-0.05, 0) is 41.0 Å². The highest BCUT2D eigenvalue weighted by Crippen LogP contribution is 2.29. The number of hydrogen-bond donors (Lipinski definition) is 1. The van der Waals surface area contributed by atoms with Crippen LogP contribution < -0.4 is 5.32 Å². The fourth-order valence-electron chi connectivity index (χ4n) is 2.01. The number of halogens is 3. The lowest BCUT2D eigenvalue weighted by atomic mass is 10.1. The molecule has 2 aromatic rings. The molecule has 0 aliphatic heterocycles. The average molecular weight is 297 g/mol. The molecule has 1 aliphatic carbocycles. The zero-order chi connectivity index (χ0) is 14.9. The maximum Gasteiger partial charge on any atom is 0.416 e. The van der Waals surface area contributed by atoms with Gasteiger partial charge in [0.25, 0.3) is 0 Å². The summed E-state index contributed by atoms with van der Waals surface area (Å²) in [5, 5.41) is 14.6. The van der Waals surface area contributed by atoms with Crippen LogP contribution in [0.25, 0.3) is 0 Å². The average Bonchev–Trinajstić information content (AvgIpc) is 3.17. The molecular formula is C13H14F3N5. The predicted octanol–water partition coefficient (Wildman–Crippen LogP) is 1.99. The molecule has 1 N–H and O–H groups in total. The van der Waals surface area contributed by atoms with Crippen LogP contribution in [-0.2, 0) is 19.3 Å². The van der Waals surface area contributed by atoms with Crippen molar-refractivity contribution in [3.05, 3.63) is 41.2 Å². The molecule has 0 radical (unpaired) electrons. The molecule has 21 heavy (non-hydrogen) atoms. The molecule has 0 unspecified atom stereocenters. The van der Waals surface area contributed by atoms with Crippen LogP contribution in [0.1, 0.15) is 29.8 Å². The van der Waals surface area contributed by atoms with E-state index in [9.17, 15) is 13.2 Å². The van der Waals surface area contributed by atoms with E-state index < -0.39 is 11.7 Å². The zero-order valence-electron chi connectivity index (χ0n) is 11.1. The van der Waals surface area contributed by atoms with Gasteiger partial charge in [0.2, 0.25) is 0 Å². The number of nitrogens with one attached hydrogen (secondary N) is 1. The van der Waals surface area contributed by atoms with E-state index in [1.807, 2.05) is 0 Å². The molecule has 1 aromatic carbocycles. The Morgan fingerprint density at radius 1 is 1.29 bits per heavy atom. The Morgan fingerprint density at radius 3 is 2.81 bits per heavy atom. The maximum atomic E-state index is 12.7. The second-order valence-corrected chi connectivity index (χ2v) is 5.11. The van der Waals surface area contributed by atoms with Crippen molar-refractivity contribution in [1.29, 1.82) is 0 Å². The summed E-state index contributed by atoms with van der Waals surface area (Å²) in [6.45, 7) is 0.745. The Hall–Kier alpha value is -1.96. The molecule has 112 valence electrons. The van der Waals surface area contributed by atoms with E-state index in [-0.39, 0.29) is 6.54 Å². The molecule has 0 bridgehead atoms. The smallest absolute Gasteiger partial charge is 0.307 e. The van der Waals surface area contributed by atoms with Gasteiger partial charge in [-0.3, -0.25) is 0 Å². The molecule has 3 rings (SSSR count). The first-order valence-electron chi connectivity index (χ1n) is 6.67. The minimum absolute atomic E-state index is 0.221. The van der Waals surface area contributed by atoms with E-state index in [0.717, 1.165) is 25.0 Å². The van der Waals surface area contributed by atoms with Crippen molar-refractivity contribution < 1.29 is 13.2 Å². The summed E-state index contributed by atoms with van der Waals surface area (Å²) in [6, 6.07) is 5.72. The molecule has 1 aromatic heterocycles. The van der Waals surface area contributed by atoms with Crippen molar-refractivity contribution in [2.24, 2.45) is 0 Å². The monoisotopic (exact) mass is 297 g/mol. The Labute approximate surface area is 119 Å². The highest BCUT2D eigenvalue weighted by molar-refractivity contribution is 5.25. The Balaban J connectivity index is 1.72. The van der Waals surface area contributed by atoms with Crippen molar-refractivity contribution in [3.63, 3.8) is 0 Å². The number of alkyl halides is 3. The fourth-order valence-corrected chi connectivity index (χ4v) is 2.01. The first-order valence-corrected chi connectivity index (χ1v) is 6.67. The first kappa shape index (κ1) is 14.0. The number of nitrogens with zero attached hydrogens (tertiary/aromatic N) is 4. The molecule has 0 saturated heterocycles. The summed E-state index contributed by atoms with van der Waals surface area (Å²) < 4.78 is 39.6. The van der Waals surface area contributed by atoms with Gasteiger partial charge in [0, 0.05) is 6.04 Å². The van der Waals surface area contributed by atoms with Crippen LogP contribution in [0, 0.1) is 0 Å². The van der Waals surface area contributed by atoms with Gasteiger partial charge in [-0.2, -0.15) is 13.2 Å². The van der Waals surface area contributed by atoms with Crippen molar-refractivity contribution in [2.75, 3.05) is 0 Å². The number of hydrogen-bond acceptors (Lipinski definition) is 4. The summed E-state index contributed by atoms with van der Waals surface area (Å²) in [5.41, 5.74) is -0.143. The Bertz CT molecular complexity index is 618. The lowest BCUT2D eigenvalue weighted by molar-refractivity contribution is -0.137. The molecular weight excluding hydrogens is 283 g/mol. The minimum Gasteiger partial charge on any atom is -0.307 e. The molecule has 0 amide bonds. The largest absolute Gasteiger partial charge is 0.416 e. The van der Waals surface area contributed by atoms with Crippen molar-refractivity contribution in [2.45, 2.75) is 38.1 Å². The van der Waals surface area contributed by atoms with E-state index in [1.54, 1.807) is 6.07 Å². The van der Waals surface area contributed by atoms with E-state index in [0.29, 0.717) is 24.0 Å². The summed E-state index contributed by atoms with van der Waals surface area (Å²) >= 11 is 0. The van der Waals surface area contributed by atoms with Crippen molar-refractivity contribution in [1.82, 2.24) is 25.5 Å². The molecule has 8 heteroatoms. The van der Waals surface area contributed by atoms with Gasteiger partial charge in [-0.25, -0.2) is 4.68 Å². The van der Waals surface area contributed by atoms with Crippen LogP contribution >= 0.6 is 0 Å². The summed E-state index contributed by atoms with van der Waals surface area (Å²) in [6.07, 6.45) is -2.04. The highest BCUT2D eigenvalue weighted by atomic mass is 19.4. The second-order valence-electron chi connectivity index (χ2n) is 5.11. The molecule has 1 fully saturated rings. The molecule has 0 spiro atoms. The van der Waals surface area contributed by atoms with Crippen molar-refractivity contribution in [3.8, 4) is 0 Å². The van der Waals surface area contributed by atoms with Gasteiger partial charge in [0.15, 0.2) is 5.82 Å². The normalized spacial score (nSPS) is 15.4. The van der Waals surface area contributed by atoms with E-state index in [2.05, 4.69) is 20.8 Å². The number of aromatic nitrogens is 4. The minimum atomic E-state index is -4.34. The van der Waals surface area contributed by atoms with Crippen LogP contribution in [0.3, 0.4) is 0 Å². The van der Waals surface area contributed by atoms with Crippen LogP contribution in [-0.4, -0.2) is 26.2 Å². The Kier molecular flexibility index (Phi) is 3.62. The molecule has 0 atom stereocenters. The van der Waals surface area contributed by atoms with Gasteiger partial charge < -0.3 is 5.32 Å². The third kappa shape index (κ3) is 3.57. The SMILES string of the molecule is FC(F)(F)c1cccc(Cn2nnnc2CNC2CC2)c1. The third-order valence-electron chi connectivity index (χ3n) is 3.32. The Morgan fingerprint density at radius 2 is 2.10 bits per heavy atom. The summed E-state index contributed by atoms with van der Waals surface area (Å²) in [5.74, 6) is 0.624. The van der Waals surface area contributed by atoms with Gasteiger partial charge in [0.05, 0.1) is 18.7 Å². The zero-order valence-corrected chi connectivity index (χ0v) is 11.1. The van der Waals surface area contributed by atoms with Crippen LogP contribution in [0.2, 0.25) is 0 Å². The van der Waals surface area contributed by atoms with E-state index in [1.165, 1.54) is 10.7 Å². The lowest BCUT2D eigenvalue weighted by Crippen LogP contribution is -2.19. The van der Waals surface area contributed by atoms with E-state index in [4.69, 9.17) is 0 Å². The standard InChI is InChI=1S/C13H14F3N5/c14-13(15,16)10-3-1-2-9(6-10)8-21-12(18-19-20-21)7-17-11-4-5-11/h1-3,6,11,17H,4-5,7-8H2. The maximum absolute atomic E-state index is 12.7.